The molecule has 0 radical (unpaired) electrons. The molecular weight excluding hydrogens is 450 g/mol. The molecule has 37 heavy (non-hydrogen) atoms. The van der Waals surface area contributed by atoms with Gasteiger partial charge >= 0.3 is 0 Å². The van der Waals surface area contributed by atoms with E-state index in [-0.39, 0.29) is 11.2 Å². The van der Waals surface area contributed by atoms with E-state index in [2.05, 4.69) is 106 Å². The molecule has 2 heteroatoms. The number of rotatable bonds is 5. The van der Waals surface area contributed by atoms with E-state index in [1.54, 1.807) is 6.21 Å². The Kier molecular flexibility index (Phi) is 6.74. The summed E-state index contributed by atoms with van der Waals surface area (Å²) in [7, 11) is 0. The molecule has 0 atom stereocenters. The van der Waals surface area contributed by atoms with Gasteiger partial charge in [0.25, 0.3) is 0 Å². The lowest BCUT2D eigenvalue weighted by molar-refractivity contribution is 0.446. The zero-order valence-electron chi connectivity index (χ0n) is 21.5. The molecule has 5 aromatic rings. The van der Waals surface area contributed by atoms with Crippen molar-refractivity contribution in [3.8, 4) is 39.1 Å². The first-order valence-electron chi connectivity index (χ1n) is 12.6. The molecule has 0 saturated carbocycles. The van der Waals surface area contributed by atoms with Gasteiger partial charge in [-0.15, -0.1) is 0 Å². The van der Waals surface area contributed by atoms with Crippen LogP contribution in [-0.4, -0.2) is 11.3 Å². The Bertz CT molecular complexity index is 1470. The summed E-state index contributed by atoms with van der Waals surface area (Å²) in [6.07, 6.45) is 1.79. The smallest absolute Gasteiger partial charge is 0.128 e. The maximum atomic E-state index is 11.1. The average Bonchev–Trinajstić information content (AvgIpc) is 2.93. The van der Waals surface area contributed by atoms with Crippen LogP contribution in [0.3, 0.4) is 0 Å². The number of benzene rings is 5. The van der Waals surface area contributed by atoms with Crippen LogP contribution in [0.2, 0.25) is 0 Å². The summed E-state index contributed by atoms with van der Waals surface area (Å²) in [6.45, 7) is 6.31. The minimum Gasteiger partial charge on any atom is -0.507 e. The molecule has 1 N–H and O–H groups in total. The lowest BCUT2D eigenvalue weighted by atomic mass is 9.85. The van der Waals surface area contributed by atoms with Gasteiger partial charge in [-0.2, -0.15) is 0 Å². The number of aliphatic imine (C=N–C) groups is 1. The Morgan fingerprint density at radius 2 is 1.05 bits per heavy atom. The SMILES string of the molecule is CC(C)(C)c1cccc(C=Nc2c(-c3ccccc3)cc(-c3ccccc3)cc2-c2ccccc2)c1O. The van der Waals surface area contributed by atoms with Gasteiger partial charge in [0.15, 0.2) is 0 Å². The number of phenolic OH excluding ortho intramolecular Hbond substituents is 1. The Morgan fingerprint density at radius 1 is 0.568 bits per heavy atom. The molecule has 0 amide bonds. The molecule has 0 aromatic heterocycles. The summed E-state index contributed by atoms with van der Waals surface area (Å²) < 4.78 is 0. The first-order valence-corrected chi connectivity index (χ1v) is 12.6. The van der Waals surface area contributed by atoms with Crippen molar-refractivity contribution in [3.63, 3.8) is 0 Å². The lowest BCUT2D eigenvalue weighted by Gasteiger charge is -2.21. The molecule has 5 aromatic carbocycles. The molecule has 0 spiro atoms. The molecule has 0 bridgehead atoms. The van der Waals surface area contributed by atoms with Crippen molar-refractivity contribution in [2.75, 3.05) is 0 Å². The predicted molar refractivity (Wildman–Crippen MR) is 157 cm³/mol. The van der Waals surface area contributed by atoms with Crippen LogP contribution in [-0.2, 0) is 5.41 Å². The minimum atomic E-state index is -0.171. The third-order valence-electron chi connectivity index (χ3n) is 6.59. The number of hydrogen-bond acceptors (Lipinski definition) is 2. The molecule has 0 unspecified atom stereocenters. The molecule has 0 aliphatic heterocycles. The van der Waals surface area contributed by atoms with E-state index >= 15 is 0 Å². The van der Waals surface area contributed by atoms with E-state index in [1.165, 1.54) is 0 Å². The van der Waals surface area contributed by atoms with Gasteiger partial charge in [0.2, 0.25) is 0 Å². The lowest BCUT2D eigenvalue weighted by Crippen LogP contribution is -2.11. The first kappa shape index (κ1) is 24.3. The average molecular weight is 482 g/mol. The van der Waals surface area contributed by atoms with Crippen molar-refractivity contribution in [1.29, 1.82) is 0 Å². The van der Waals surface area contributed by atoms with Gasteiger partial charge in [-0.05, 0) is 51.4 Å². The minimum absolute atomic E-state index is 0.171. The van der Waals surface area contributed by atoms with E-state index in [9.17, 15) is 5.11 Å². The van der Waals surface area contributed by atoms with Crippen LogP contribution in [0.5, 0.6) is 5.75 Å². The van der Waals surface area contributed by atoms with Crippen LogP contribution in [0.25, 0.3) is 33.4 Å². The fourth-order valence-corrected chi connectivity index (χ4v) is 4.65. The van der Waals surface area contributed by atoms with E-state index < -0.39 is 0 Å². The highest BCUT2D eigenvalue weighted by Gasteiger charge is 2.20. The van der Waals surface area contributed by atoms with Crippen LogP contribution in [0.15, 0.2) is 126 Å². The van der Waals surface area contributed by atoms with Crippen molar-refractivity contribution >= 4 is 11.9 Å². The van der Waals surface area contributed by atoms with Crippen LogP contribution >= 0.6 is 0 Å². The van der Waals surface area contributed by atoms with Crippen molar-refractivity contribution in [2.45, 2.75) is 26.2 Å². The van der Waals surface area contributed by atoms with E-state index in [1.807, 2.05) is 36.4 Å². The molecule has 2 nitrogen and oxygen atoms in total. The zero-order valence-corrected chi connectivity index (χ0v) is 21.5. The van der Waals surface area contributed by atoms with Crippen LogP contribution in [0.4, 0.5) is 5.69 Å². The number of hydrogen-bond donors (Lipinski definition) is 1. The standard InChI is InChI=1S/C35H31NO/c1-35(2,3)32-21-13-20-28(34(32)37)24-36-33-30(26-16-9-5-10-17-26)22-29(25-14-7-4-8-15-25)23-31(33)27-18-11-6-12-19-27/h4-24,37H,1-3H3. The van der Waals surface area contributed by atoms with Crippen molar-refractivity contribution < 1.29 is 5.11 Å². The van der Waals surface area contributed by atoms with Crippen LogP contribution in [0.1, 0.15) is 31.9 Å². The van der Waals surface area contributed by atoms with E-state index in [4.69, 9.17) is 4.99 Å². The summed E-state index contributed by atoms with van der Waals surface area (Å²) in [6, 6.07) is 41.5. The number of aromatic hydroxyl groups is 1. The summed E-state index contributed by atoms with van der Waals surface area (Å²) in [4.78, 5) is 5.06. The summed E-state index contributed by atoms with van der Waals surface area (Å²) in [5.74, 6) is 0.280. The second-order valence-electron chi connectivity index (χ2n) is 10.3. The molecule has 0 saturated heterocycles. The van der Waals surface area contributed by atoms with Gasteiger partial charge in [-0.3, -0.25) is 4.99 Å². The van der Waals surface area contributed by atoms with Gasteiger partial charge in [0, 0.05) is 22.9 Å². The van der Waals surface area contributed by atoms with Crippen LogP contribution < -0.4 is 0 Å². The molecule has 0 aliphatic rings. The maximum absolute atomic E-state index is 11.1. The predicted octanol–water partition coefficient (Wildman–Crippen LogP) is 9.44. The van der Waals surface area contributed by atoms with Gasteiger partial charge in [-0.25, -0.2) is 0 Å². The second-order valence-corrected chi connectivity index (χ2v) is 10.3. The highest BCUT2D eigenvalue weighted by atomic mass is 16.3. The monoisotopic (exact) mass is 481 g/mol. The summed E-state index contributed by atoms with van der Waals surface area (Å²) in [5, 5.41) is 11.1. The quantitative estimate of drug-likeness (QED) is 0.249. The van der Waals surface area contributed by atoms with Crippen molar-refractivity contribution in [1.82, 2.24) is 0 Å². The zero-order chi connectivity index (χ0) is 25.8. The molecule has 5 rings (SSSR count). The third-order valence-corrected chi connectivity index (χ3v) is 6.59. The molecule has 182 valence electrons. The van der Waals surface area contributed by atoms with Gasteiger partial charge in [0.1, 0.15) is 5.75 Å². The molecule has 0 aliphatic carbocycles. The van der Waals surface area contributed by atoms with E-state index in [0.717, 1.165) is 44.6 Å². The summed E-state index contributed by atoms with van der Waals surface area (Å²) >= 11 is 0. The Morgan fingerprint density at radius 3 is 1.54 bits per heavy atom. The molecule has 0 heterocycles. The van der Waals surface area contributed by atoms with Crippen molar-refractivity contribution in [3.05, 3.63) is 132 Å². The maximum Gasteiger partial charge on any atom is 0.128 e. The topological polar surface area (TPSA) is 32.6 Å². The highest BCUT2D eigenvalue weighted by Crippen LogP contribution is 2.43. The largest absolute Gasteiger partial charge is 0.507 e. The number of para-hydroxylation sites is 1. The van der Waals surface area contributed by atoms with Gasteiger partial charge < -0.3 is 5.11 Å². The highest BCUT2D eigenvalue weighted by molar-refractivity contribution is 5.96. The summed E-state index contributed by atoms with van der Waals surface area (Å²) in [5.41, 5.74) is 8.88. The number of phenols is 1. The molecule has 0 fully saturated rings. The first-order chi connectivity index (χ1) is 17.9. The second kappa shape index (κ2) is 10.3. The van der Waals surface area contributed by atoms with E-state index in [0.29, 0.717) is 5.56 Å². The fraction of sp³-hybridized carbons (Fsp3) is 0.114. The fourth-order valence-electron chi connectivity index (χ4n) is 4.65. The van der Waals surface area contributed by atoms with Gasteiger partial charge in [0.05, 0.1) is 5.69 Å². The molecular formula is C35H31NO. The Balaban J connectivity index is 1.76. The Labute approximate surface area is 219 Å². The van der Waals surface area contributed by atoms with Crippen molar-refractivity contribution in [2.24, 2.45) is 4.99 Å². The van der Waals surface area contributed by atoms with Gasteiger partial charge in [-0.1, -0.05) is 124 Å². The number of nitrogens with zero attached hydrogens (tertiary/aromatic N) is 1. The van der Waals surface area contributed by atoms with Crippen LogP contribution in [0, 0.1) is 0 Å². The third kappa shape index (κ3) is 5.24. The Hall–Kier alpha value is -4.43. The normalized spacial score (nSPS) is 11.6.